The van der Waals surface area contributed by atoms with Gasteiger partial charge in [0.1, 0.15) is 11.6 Å². The third-order valence-corrected chi connectivity index (χ3v) is 3.42. The van der Waals surface area contributed by atoms with Gasteiger partial charge >= 0.3 is 0 Å². The van der Waals surface area contributed by atoms with Gasteiger partial charge in [-0.05, 0) is 19.1 Å². The van der Waals surface area contributed by atoms with Crippen LogP contribution in [0.4, 0.5) is 9.52 Å². The summed E-state index contributed by atoms with van der Waals surface area (Å²) in [5.41, 5.74) is 5.56. The molecule has 0 aliphatic carbocycles. The Bertz CT molecular complexity index is 689. The minimum absolute atomic E-state index is 0.0156. The zero-order valence-corrected chi connectivity index (χ0v) is 12.5. The normalized spacial score (nSPS) is 11.7. The van der Waals surface area contributed by atoms with E-state index in [1.807, 2.05) is 0 Å². The van der Waals surface area contributed by atoms with Gasteiger partial charge in [0.05, 0.1) is 12.1 Å². The third-order valence-electron chi connectivity index (χ3n) is 2.62. The monoisotopic (exact) mass is 323 g/mol. The maximum absolute atomic E-state index is 13.0. The highest BCUT2D eigenvalue weighted by atomic mass is 32.1. The highest BCUT2D eigenvalue weighted by molar-refractivity contribution is 7.13. The van der Waals surface area contributed by atoms with Crippen molar-refractivity contribution in [3.8, 4) is 5.75 Å². The van der Waals surface area contributed by atoms with Crippen molar-refractivity contribution < 1.29 is 18.7 Å². The molecule has 22 heavy (non-hydrogen) atoms. The molecule has 0 bridgehead atoms. The van der Waals surface area contributed by atoms with Crippen molar-refractivity contribution in [2.45, 2.75) is 19.4 Å². The molecule has 1 atom stereocenters. The van der Waals surface area contributed by atoms with E-state index in [0.29, 0.717) is 10.8 Å². The van der Waals surface area contributed by atoms with Crippen molar-refractivity contribution in [3.63, 3.8) is 0 Å². The molecule has 1 heterocycles. The molecule has 0 spiro atoms. The average molecular weight is 323 g/mol. The van der Waals surface area contributed by atoms with Gasteiger partial charge < -0.3 is 10.5 Å². The average Bonchev–Trinajstić information content (AvgIpc) is 2.85. The zero-order valence-electron chi connectivity index (χ0n) is 11.7. The number of halogens is 1. The predicted octanol–water partition coefficient (Wildman–Crippen LogP) is 1.72. The first-order valence-corrected chi connectivity index (χ1v) is 7.28. The second-order valence-corrected chi connectivity index (χ2v) is 5.35. The van der Waals surface area contributed by atoms with Crippen LogP contribution in [0.3, 0.4) is 0 Å². The maximum atomic E-state index is 13.0. The number of nitrogens with zero attached hydrogens (tertiary/aromatic N) is 1. The summed E-state index contributed by atoms with van der Waals surface area (Å²) in [6.45, 7) is 1.54. The number of nitrogens with one attached hydrogen (secondary N) is 1. The first-order valence-electron chi connectivity index (χ1n) is 6.40. The molecule has 2 amide bonds. The van der Waals surface area contributed by atoms with Gasteiger partial charge in [-0.1, -0.05) is 6.07 Å². The molecule has 0 fully saturated rings. The van der Waals surface area contributed by atoms with Crippen LogP contribution in [0.2, 0.25) is 0 Å². The molecule has 1 aromatic heterocycles. The highest BCUT2D eigenvalue weighted by Gasteiger charge is 2.17. The van der Waals surface area contributed by atoms with Crippen LogP contribution in [-0.2, 0) is 16.0 Å². The fourth-order valence-electron chi connectivity index (χ4n) is 1.63. The molecule has 0 aliphatic rings. The summed E-state index contributed by atoms with van der Waals surface area (Å²) in [4.78, 5) is 26.8. The fraction of sp³-hybridized carbons (Fsp3) is 0.214. The zero-order chi connectivity index (χ0) is 16.1. The number of rotatable bonds is 6. The molecule has 0 radical (unpaired) electrons. The lowest BCUT2D eigenvalue weighted by Crippen LogP contribution is -2.30. The number of benzene rings is 1. The summed E-state index contributed by atoms with van der Waals surface area (Å²) in [7, 11) is 0. The Hall–Kier alpha value is -2.48. The second kappa shape index (κ2) is 6.99. The number of hydrogen-bond donors (Lipinski definition) is 2. The fourth-order valence-corrected chi connectivity index (χ4v) is 2.34. The van der Waals surface area contributed by atoms with Crippen LogP contribution in [0.15, 0.2) is 29.6 Å². The lowest BCUT2D eigenvalue weighted by atomic mass is 10.3. The minimum Gasteiger partial charge on any atom is -0.481 e. The van der Waals surface area contributed by atoms with Crippen molar-refractivity contribution in [1.29, 1.82) is 0 Å². The van der Waals surface area contributed by atoms with E-state index in [0.717, 1.165) is 0 Å². The molecule has 1 aromatic carbocycles. The van der Waals surface area contributed by atoms with E-state index in [9.17, 15) is 14.0 Å². The first-order chi connectivity index (χ1) is 10.4. The molecule has 0 saturated carbocycles. The lowest BCUT2D eigenvalue weighted by Gasteiger charge is -2.13. The van der Waals surface area contributed by atoms with Crippen molar-refractivity contribution in [2.24, 2.45) is 5.73 Å². The molecular weight excluding hydrogens is 309 g/mol. The standard InChI is InChI=1S/C14H14FN3O3S/c1-8(21-11-4-2-3-9(15)5-11)13(20)18-14-17-10(7-22-14)6-12(16)19/h2-5,7-8H,6H2,1H3,(H2,16,19)(H,17,18,20)/t8-/m0/s1. The molecule has 0 aliphatic heterocycles. The molecule has 2 aromatic rings. The van der Waals surface area contributed by atoms with E-state index in [1.165, 1.54) is 36.5 Å². The number of anilines is 1. The Kier molecular flexibility index (Phi) is 5.05. The molecule has 2 rings (SSSR count). The van der Waals surface area contributed by atoms with E-state index >= 15 is 0 Å². The molecule has 8 heteroatoms. The SMILES string of the molecule is C[C@H](Oc1cccc(F)c1)C(=O)Nc1nc(CC(N)=O)cs1. The van der Waals surface area contributed by atoms with Crippen molar-refractivity contribution in [1.82, 2.24) is 4.98 Å². The van der Waals surface area contributed by atoms with Crippen LogP contribution < -0.4 is 15.8 Å². The molecule has 0 unspecified atom stereocenters. The topological polar surface area (TPSA) is 94.3 Å². The number of hydrogen-bond acceptors (Lipinski definition) is 5. The van der Waals surface area contributed by atoms with Crippen LogP contribution in [-0.4, -0.2) is 22.9 Å². The van der Waals surface area contributed by atoms with E-state index in [-0.39, 0.29) is 12.2 Å². The number of ether oxygens (including phenoxy) is 1. The largest absolute Gasteiger partial charge is 0.481 e. The van der Waals surface area contributed by atoms with Gasteiger partial charge in [0, 0.05) is 11.4 Å². The van der Waals surface area contributed by atoms with Crippen LogP contribution in [0.25, 0.3) is 0 Å². The Morgan fingerprint density at radius 2 is 2.27 bits per heavy atom. The highest BCUT2D eigenvalue weighted by Crippen LogP contribution is 2.18. The summed E-state index contributed by atoms with van der Waals surface area (Å²) in [6, 6.07) is 5.53. The van der Waals surface area contributed by atoms with Gasteiger partial charge in [-0.15, -0.1) is 11.3 Å². The number of aromatic nitrogens is 1. The minimum atomic E-state index is -0.828. The summed E-state index contributed by atoms with van der Waals surface area (Å²) < 4.78 is 18.4. The van der Waals surface area contributed by atoms with Gasteiger partial charge in [-0.3, -0.25) is 14.9 Å². The Balaban J connectivity index is 1.93. The van der Waals surface area contributed by atoms with Crippen LogP contribution in [0.5, 0.6) is 5.75 Å². The summed E-state index contributed by atoms with van der Waals surface area (Å²) >= 11 is 1.18. The maximum Gasteiger partial charge on any atom is 0.266 e. The summed E-state index contributed by atoms with van der Waals surface area (Å²) in [5, 5.41) is 4.55. The van der Waals surface area contributed by atoms with Crippen molar-refractivity contribution in [2.75, 3.05) is 5.32 Å². The van der Waals surface area contributed by atoms with E-state index in [2.05, 4.69) is 10.3 Å². The number of carbonyl (C=O) groups excluding carboxylic acids is 2. The Labute approximate surface area is 130 Å². The quantitative estimate of drug-likeness (QED) is 0.846. The number of thiazole rings is 1. The van der Waals surface area contributed by atoms with Gasteiger partial charge in [-0.2, -0.15) is 0 Å². The summed E-state index contributed by atoms with van der Waals surface area (Å²) in [5.74, 6) is -1.10. The number of primary amides is 1. The molecule has 0 saturated heterocycles. The van der Waals surface area contributed by atoms with Crippen LogP contribution in [0, 0.1) is 5.82 Å². The molecule has 3 N–H and O–H groups in total. The molecule has 116 valence electrons. The number of nitrogens with two attached hydrogens (primary N) is 1. The smallest absolute Gasteiger partial charge is 0.266 e. The van der Waals surface area contributed by atoms with Gasteiger partial charge in [0.25, 0.3) is 5.91 Å². The number of amides is 2. The third kappa shape index (κ3) is 4.52. The predicted molar refractivity (Wildman–Crippen MR) is 80.1 cm³/mol. The van der Waals surface area contributed by atoms with Crippen LogP contribution >= 0.6 is 11.3 Å². The summed E-state index contributed by atoms with van der Waals surface area (Å²) in [6.07, 6.45) is -0.813. The first kappa shape index (κ1) is 15.9. The number of carbonyl (C=O) groups is 2. The molecule has 6 nitrogen and oxygen atoms in total. The Morgan fingerprint density at radius 1 is 1.50 bits per heavy atom. The van der Waals surface area contributed by atoms with Crippen molar-refractivity contribution >= 4 is 28.3 Å². The van der Waals surface area contributed by atoms with Crippen LogP contribution in [0.1, 0.15) is 12.6 Å². The van der Waals surface area contributed by atoms with Gasteiger partial charge in [0.2, 0.25) is 5.91 Å². The Morgan fingerprint density at radius 3 is 2.95 bits per heavy atom. The van der Waals surface area contributed by atoms with E-state index in [4.69, 9.17) is 10.5 Å². The van der Waals surface area contributed by atoms with E-state index < -0.39 is 23.7 Å². The van der Waals surface area contributed by atoms with Gasteiger partial charge in [0.15, 0.2) is 11.2 Å². The van der Waals surface area contributed by atoms with Crippen molar-refractivity contribution in [3.05, 3.63) is 41.2 Å². The molecular formula is C14H14FN3O3S. The second-order valence-electron chi connectivity index (χ2n) is 4.49. The lowest BCUT2D eigenvalue weighted by molar-refractivity contribution is -0.122. The van der Waals surface area contributed by atoms with Gasteiger partial charge in [-0.25, -0.2) is 9.37 Å². The van der Waals surface area contributed by atoms with E-state index in [1.54, 1.807) is 11.4 Å².